The van der Waals surface area contributed by atoms with E-state index in [1.165, 1.54) is 6.08 Å². The summed E-state index contributed by atoms with van der Waals surface area (Å²) in [5.41, 5.74) is 3.70. The first kappa shape index (κ1) is 23.6. The van der Waals surface area contributed by atoms with Crippen molar-refractivity contribution >= 4 is 18.0 Å². The van der Waals surface area contributed by atoms with Crippen LogP contribution in [0.2, 0.25) is 0 Å². The zero-order valence-corrected chi connectivity index (χ0v) is 18.7. The molecule has 1 atom stereocenters. The molecule has 0 bridgehead atoms. The monoisotopic (exact) mass is 445 g/mol. The minimum Gasteiger partial charge on any atom is -0.496 e. The Bertz CT molecular complexity index is 1110. The maximum absolute atomic E-state index is 12.2. The molecule has 0 fully saturated rings. The zero-order valence-electron chi connectivity index (χ0n) is 18.7. The molecule has 1 amide bonds. The molecular weight excluding hydrogens is 418 g/mol. The Morgan fingerprint density at radius 3 is 2.39 bits per heavy atom. The second-order valence-corrected chi connectivity index (χ2v) is 7.58. The summed E-state index contributed by atoms with van der Waals surface area (Å²) in [5, 5.41) is 12.0. The van der Waals surface area contributed by atoms with E-state index in [2.05, 4.69) is 5.32 Å². The molecule has 0 aliphatic rings. The van der Waals surface area contributed by atoms with Gasteiger partial charge in [-0.15, -0.1) is 0 Å². The standard InChI is InChI=1S/C27H27NO5/c1-19-8-9-22(17-25(19)32-2)18-33-23-13-10-20(11-14-23)12-15-26(29)28-24(27(30)31)16-21-6-4-3-5-7-21/h3-15,17,24H,16,18H2,1-2H3,(H,28,29)(H,30,31)/b15-12+/t24-/m1/s1. The fourth-order valence-electron chi connectivity index (χ4n) is 3.24. The Morgan fingerprint density at radius 2 is 1.73 bits per heavy atom. The predicted molar refractivity (Wildman–Crippen MR) is 127 cm³/mol. The van der Waals surface area contributed by atoms with Crippen LogP contribution in [0, 0.1) is 6.92 Å². The number of carboxylic acid groups (broad SMARTS) is 1. The van der Waals surface area contributed by atoms with E-state index in [-0.39, 0.29) is 6.42 Å². The number of methoxy groups -OCH3 is 1. The number of carbonyl (C=O) groups excluding carboxylic acids is 1. The summed E-state index contributed by atoms with van der Waals surface area (Å²) < 4.78 is 11.2. The molecule has 170 valence electrons. The number of carboxylic acids is 1. The van der Waals surface area contributed by atoms with Gasteiger partial charge >= 0.3 is 5.97 Å². The van der Waals surface area contributed by atoms with Crippen LogP contribution < -0.4 is 14.8 Å². The minimum atomic E-state index is -1.08. The van der Waals surface area contributed by atoms with E-state index < -0.39 is 17.9 Å². The number of rotatable bonds is 10. The number of hydrogen-bond acceptors (Lipinski definition) is 4. The van der Waals surface area contributed by atoms with Gasteiger partial charge in [-0.3, -0.25) is 4.79 Å². The fourth-order valence-corrected chi connectivity index (χ4v) is 3.24. The van der Waals surface area contributed by atoms with Gasteiger partial charge in [-0.25, -0.2) is 4.79 Å². The van der Waals surface area contributed by atoms with Gasteiger partial charge in [0.05, 0.1) is 7.11 Å². The third-order valence-corrected chi connectivity index (χ3v) is 5.08. The topological polar surface area (TPSA) is 84.9 Å². The van der Waals surface area contributed by atoms with Gasteiger partial charge < -0.3 is 19.9 Å². The van der Waals surface area contributed by atoms with E-state index in [0.717, 1.165) is 28.0 Å². The van der Waals surface area contributed by atoms with Gasteiger partial charge in [0.25, 0.3) is 0 Å². The number of benzene rings is 3. The van der Waals surface area contributed by atoms with Crippen molar-refractivity contribution in [3.63, 3.8) is 0 Å². The molecule has 0 aromatic heterocycles. The maximum atomic E-state index is 12.2. The molecule has 0 heterocycles. The highest BCUT2D eigenvalue weighted by Gasteiger charge is 2.19. The first-order valence-electron chi connectivity index (χ1n) is 10.6. The average Bonchev–Trinajstić information content (AvgIpc) is 2.83. The van der Waals surface area contributed by atoms with Crippen LogP contribution in [0.25, 0.3) is 6.08 Å². The van der Waals surface area contributed by atoms with Crippen LogP contribution in [0.4, 0.5) is 0 Å². The largest absolute Gasteiger partial charge is 0.496 e. The molecule has 3 aromatic rings. The quantitative estimate of drug-likeness (QED) is 0.452. The first-order valence-corrected chi connectivity index (χ1v) is 10.6. The van der Waals surface area contributed by atoms with Crippen LogP contribution in [0.1, 0.15) is 22.3 Å². The van der Waals surface area contributed by atoms with Crippen molar-refractivity contribution < 1.29 is 24.2 Å². The highest BCUT2D eigenvalue weighted by molar-refractivity contribution is 5.94. The van der Waals surface area contributed by atoms with E-state index >= 15 is 0 Å². The van der Waals surface area contributed by atoms with Gasteiger partial charge in [0.1, 0.15) is 24.1 Å². The van der Waals surface area contributed by atoms with Gasteiger partial charge in [-0.2, -0.15) is 0 Å². The molecule has 2 N–H and O–H groups in total. The van der Waals surface area contributed by atoms with Crippen molar-refractivity contribution in [1.82, 2.24) is 5.32 Å². The van der Waals surface area contributed by atoms with Crippen LogP contribution in [-0.4, -0.2) is 30.1 Å². The van der Waals surface area contributed by atoms with Gasteiger partial charge in [0.2, 0.25) is 5.91 Å². The molecule has 0 saturated carbocycles. The molecule has 0 spiro atoms. The van der Waals surface area contributed by atoms with Crippen molar-refractivity contribution in [2.75, 3.05) is 7.11 Å². The summed E-state index contributed by atoms with van der Waals surface area (Å²) >= 11 is 0. The van der Waals surface area contributed by atoms with Crippen LogP contribution in [0.15, 0.2) is 78.9 Å². The number of ether oxygens (including phenoxy) is 2. The lowest BCUT2D eigenvalue weighted by Gasteiger charge is -2.13. The van der Waals surface area contributed by atoms with Crippen LogP contribution in [-0.2, 0) is 22.6 Å². The average molecular weight is 446 g/mol. The van der Waals surface area contributed by atoms with Crippen molar-refractivity contribution in [2.45, 2.75) is 26.0 Å². The van der Waals surface area contributed by atoms with Crippen molar-refractivity contribution in [1.29, 1.82) is 0 Å². The van der Waals surface area contributed by atoms with E-state index in [1.807, 2.05) is 79.7 Å². The Morgan fingerprint density at radius 1 is 1.00 bits per heavy atom. The van der Waals surface area contributed by atoms with Crippen LogP contribution in [0.5, 0.6) is 11.5 Å². The van der Waals surface area contributed by atoms with Crippen molar-refractivity contribution in [3.8, 4) is 11.5 Å². The lowest BCUT2D eigenvalue weighted by molar-refractivity contribution is -0.141. The van der Waals surface area contributed by atoms with E-state index in [4.69, 9.17) is 9.47 Å². The Kier molecular flexibility index (Phi) is 8.24. The smallest absolute Gasteiger partial charge is 0.326 e. The lowest BCUT2D eigenvalue weighted by atomic mass is 10.1. The van der Waals surface area contributed by atoms with E-state index in [1.54, 1.807) is 13.2 Å². The Labute approximate surface area is 193 Å². The summed E-state index contributed by atoms with van der Waals surface area (Å²) in [5.74, 6) is -0.0195. The maximum Gasteiger partial charge on any atom is 0.326 e. The molecule has 0 radical (unpaired) electrons. The molecule has 0 saturated heterocycles. The van der Waals surface area contributed by atoms with E-state index in [9.17, 15) is 14.7 Å². The molecule has 6 nitrogen and oxygen atoms in total. The summed E-state index contributed by atoms with van der Waals surface area (Å²) in [7, 11) is 1.64. The van der Waals surface area contributed by atoms with Crippen molar-refractivity contribution in [2.24, 2.45) is 0 Å². The number of aliphatic carboxylic acids is 1. The highest BCUT2D eigenvalue weighted by atomic mass is 16.5. The third-order valence-electron chi connectivity index (χ3n) is 5.08. The first-order chi connectivity index (χ1) is 15.9. The normalized spacial score (nSPS) is 11.7. The number of carbonyl (C=O) groups is 2. The summed E-state index contributed by atoms with van der Waals surface area (Å²) in [6, 6.07) is 21.4. The number of aryl methyl sites for hydroxylation is 1. The number of hydrogen-bond donors (Lipinski definition) is 2. The highest BCUT2D eigenvalue weighted by Crippen LogP contribution is 2.21. The van der Waals surface area contributed by atoms with Gasteiger partial charge in [0.15, 0.2) is 0 Å². The second-order valence-electron chi connectivity index (χ2n) is 7.58. The summed E-state index contributed by atoms with van der Waals surface area (Å²) in [6.45, 7) is 2.40. The lowest BCUT2D eigenvalue weighted by Crippen LogP contribution is -2.41. The van der Waals surface area contributed by atoms with Crippen LogP contribution in [0.3, 0.4) is 0 Å². The molecule has 3 aromatic carbocycles. The number of nitrogens with one attached hydrogen (secondary N) is 1. The summed E-state index contributed by atoms with van der Waals surface area (Å²) in [4.78, 5) is 23.7. The minimum absolute atomic E-state index is 0.217. The molecule has 0 aliphatic carbocycles. The van der Waals surface area contributed by atoms with Crippen LogP contribution >= 0.6 is 0 Å². The molecule has 0 unspecified atom stereocenters. The molecule has 6 heteroatoms. The third kappa shape index (κ3) is 7.25. The van der Waals surface area contributed by atoms with Crippen molar-refractivity contribution in [3.05, 3.63) is 101 Å². The Hall–Kier alpha value is -4.06. The SMILES string of the molecule is COc1cc(COc2ccc(/C=C/C(=O)N[C@H](Cc3ccccc3)C(=O)O)cc2)ccc1C. The molecular formula is C27H27NO5. The van der Waals surface area contributed by atoms with Gasteiger partial charge in [-0.05, 0) is 53.5 Å². The Balaban J connectivity index is 1.53. The van der Waals surface area contributed by atoms with Gasteiger partial charge in [-0.1, -0.05) is 54.6 Å². The van der Waals surface area contributed by atoms with Gasteiger partial charge in [0, 0.05) is 12.5 Å². The molecule has 3 rings (SSSR count). The molecule has 0 aliphatic heterocycles. The molecule has 33 heavy (non-hydrogen) atoms. The number of amides is 1. The van der Waals surface area contributed by atoms with E-state index in [0.29, 0.717) is 12.4 Å². The predicted octanol–water partition coefficient (Wildman–Crippen LogP) is 4.41. The summed E-state index contributed by atoms with van der Waals surface area (Å²) in [6.07, 6.45) is 3.18. The second kappa shape index (κ2) is 11.5. The fraction of sp³-hybridized carbons (Fsp3) is 0.185. The zero-order chi connectivity index (χ0) is 23.6.